The Morgan fingerprint density at radius 2 is 1.83 bits per heavy atom. The molecule has 2 aromatic carbocycles. The second-order valence-corrected chi connectivity index (χ2v) is 11.5. The Bertz CT molecular complexity index is 1200. The number of benzene rings is 2. The number of rotatable bonds is 10. The molecule has 1 aliphatic carbocycles. The number of carbonyl (C=O) groups is 2. The number of methoxy groups -OCH3 is 1. The minimum Gasteiger partial charge on any atom is -0.495 e. The van der Waals surface area contributed by atoms with Gasteiger partial charge in [0.25, 0.3) is 0 Å². The number of nitrogens with one attached hydrogen (secondary N) is 1. The molecule has 0 aromatic heterocycles. The van der Waals surface area contributed by atoms with Gasteiger partial charge in [0.1, 0.15) is 18.3 Å². The first-order valence-corrected chi connectivity index (χ1v) is 14.2. The molecule has 3 rings (SSSR count). The van der Waals surface area contributed by atoms with Gasteiger partial charge in [-0.05, 0) is 56.0 Å². The van der Waals surface area contributed by atoms with Crippen molar-refractivity contribution in [2.24, 2.45) is 0 Å². The number of anilines is 1. The molecule has 0 unspecified atom stereocenters. The summed E-state index contributed by atoms with van der Waals surface area (Å²) in [5, 5.41) is 3.27. The van der Waals surface area contributed by atoms with Crippen LogP contribution in [0.4, 0.5) is 5.69 Å². The highest BCUT2D eigenvalue weighted by atomic mass is 35.5. The first-order valence-electron chi connectivity index (χ1n) is 12.0. The predicted octanol–water partition coefficient (Wildman–Crippen LogP) is 3.90. The molecule has 1 atom stereocenters. The van der Waals surface area contributed by atoms with Crippen molar-refractivity contribution in [3.8, 4) is 5.75 Å². The Kier molecular flexibility index (Phi) is 9.24. The van der Waals surface area contributed by atoms with E-state index >= 15 is 0 Å². The van der Waals surface area contributed by atoms with Gasteiger partial charge in [0, 0.05) is 12.6 Å². The molecule has 0 saturated heterocycles. The first kappa shape index (κ1) is 27.8. The van der Waals surface area contributed by atoms with E-state index < -0.39 is 28.5 Å². The maximum absolute atomic E-state index is 13.7. The molecule has 2 aromatic rings. The second kappa shape index (κ2) is 12.0. The van der Waals surface area contributed by atoms with Crippen LogP contribution in [0.5, 0.6) is 5.75 Å². The van der Waals surface area contributed by atoms with Gasteiger partial charge in [0.2, 0.25) is 21.8 Å². The summed E-state index contributed by atoms with van der Waals surface area (Å²) in [4.78, 5) is 28.2. The molecule has 2 amide bonds. The molecule has 10 heteroatoms. The zero-order valence-electron chi connectivity index (χ0n) is 21.2. The fourth-order valence-electron chi connectivity index (χ4n) is 4.37. The lowest BCUT2D eigenvalue weighted by Gasteiger charge is -2.32. The fourth-order valence-corrected chi connectivity index (χ4v) is 5.46. The van der Waals surface area contributed by atoms with Crippen LogP contribution in [-0.2, 0) is 26.2 Å². The van der Waals surface area contributed by atoms with E-state index in [0.717, 1.165) is 47.4 Å². The Balaban J connectivity index is 1.91. The van der Waals surface area contributed by atoms with Gasteiger partial charge in [-0.1, -0.05) is 48.7 Å². The van der Waals surface area contributed by atoms with Crippen molar-refractivity contribution in [1.29, 1.82) is 0 Å². The van der Waals surface area contributed by atoms with Crippen LogP contribution in [-0.4, -0.2) is 57.1 Å². The monoisotopic (exact) mass is 535 g/mol. The maximum Gasteiger partial charge on any atom is 0.244 e. The number of nitrogens with zero attached hydrogens (tertiary/aromatic N) is 2. The highest BCUT2D eigenvalue weighted by Crippen LogP contribution is 2.30. The molecule has 0 spiro atoms. The summed E-state index contributed by atoms with van der Waals surface area (Å²) in [5.41, 5.74) is 2.08. The van der Waals surface area contributed by atoms with Gasteiger partial charge in [-0.3, -0.25) is 13.9 Å². The third-order valence-corrected chi connectivity index (χ3v) is 8.01. The van der Waals surface area contributed by atoms with Crippen LogP contribution in [0.3, 0.4) is 0 Å². The summed E-state index contributed by atoms with van der Waals surface area (Å²) in [5.74, 6) is -0.356. The summed E-state index contributed by atoms with van der Waals surface area (Å²) in [6.45, 7) is 3.30. The topological polar surface area (TPSA) is 96.0 Å². The molecular weight excluding hydrogens is 502 g/mol. The third-order valence-electron chi connectivity index (χ3n) is 6.57. The SMILES string of the molecule is COc1ccc(N(CC(=O)N(Cc2ccccc2C)[C@H](C)C(=O)NC2CCCC2)S(C)(=O)=O)cc1Cl. The summed E-state index contributed by atoms with van der Waals surface area (Å²) in [6, 6.07) is 11.4. The van der Waals surface area contributed by atoms with E-state index in [0.29, 0.717) is 5.75 Å². The highest BCUT2D eigenvalue weighted by Gasteiger charge is 2.31. The van der Waals surface area contributed by atoms with Crippen LogP contribution in [0.2, 0.25) is 5.02 Å². The van der Waals surface area contributed by atoms with Crippen LogP contribution in [0.15, 0.2) is 42.5 Å². The van der Waals surface area contributed by atoms with Gasteiger partial charge < -0.3 is 15.0 Å². The smallest absolute Gasteiger partial charge is 0.244 e. The number of carbonyl (C=O) groups excluding carboxylic acids is 2. The van der Waals surface area contributed by atoms with Gasteiger partial charge in [0.05, 0.1) is 24.1 Å². The zero-order chi connectivity index (χ0) is 26.5. The lowest BCUT2D eigenvalue weighted by atomic mass is 10.1. The fraction of sp³-hybridized carbons (Fsp3) is 0.462. The van der Waals surface area contributed by atoms with Gasteiger partial charge in [0.15, 0.2) is 0 Å². The van der Waals surface area contributed by atoms with Gasteiger partial charge in [-0.25, -0.2) is 8.42 Å². The van der Waals surface area contributed by atoms with Crippen molar-refractivity contribution in [3.05, 3.63) is 58.6 Å². The number of aryl methyl sites for hydroxylation is 1. The molecule has 0 heterocycles. The summed E-state index contributed by atoms with van der Waals surface area (Å²) in [7, 11) is -2.38. The van der Waals surface area contributed by atoms with Crippen LogP contribution in [0, 0.1) is 6.92 Å². The molecule has 0 aliphatic heterocycles. The average molecular weight is 536 g/mol. The Hall–Kier alpha value is -2.78. The molecule has 1 saturated carbocycles. The Morgan fingerprint density at radius 1 is 1.17 bits per heavy atom. The third kappa shape index (κ3) is 6.91. The molecule has 36 heavy (non-hydrogen) atoms. The normalized spacial score (nSPS) is 14.8. The molecule has 8 nitrogen and oxygen atoms in total. The van der Waals surface area contributed by atoms with E-state index in [1.807, 2.05) is 31.2 Å². The van der Waals surface area contributed by atoms with Crippen LogP contribution < -0.4 is 14.4 Å². The van der Waals surface area contributed by atoms with Crippen molar-refractivity contribution in [2.45, 2.75) is 58.2 Å². The van der Waals surface area contributed by atoms with Crippen molar-refractivity contribution in [2.75, 3.05) is 24.2 Å². The maximum atomic E-state index is 13.7. The van der Waals surface area contributed by atoms with Crippen molar-refractivity contribution >= 4 is 39.1 Å². The van der Waals surface area contributed by atoms with Gasteiger partial charge >= 0.3 is 0 Å². The standard InChI is InChI=1S/C26H34ClN3O5S/c1-18-9-5-6-10-20(18)16-29(19(2)26(32)28-21-11-7-8-12-21)25(31)17-30(36(4,33)34)22-13-14-24(35-3)23(27)15-22/h5-6,9-10,13-15,19,21H,7-8,11-12,16-17H2,1-4H3,(H,28,32)/t19-/m1/s1. The minimum absolute atomic E-state index is 0.101. The number of amides is 2. The molecule has 0 radical (unpaired) electrons. The summed E-state index contributed by atoms with van der Waals surface area (Å²) >= 11 is 6.23. The van der Waals surface area contributed by atoms with E-state index in [1.165, 1.54) is 24.1 Å². The molecule has 196 valence electrons. The van der Waals surface area contributed by atoms with Crippen LogP contribution in [0.1, 0.15) is 43.7 Å². The van der Waals surface area contributed by atoms with E-state index in [2.05, 4.69) is 5.32 Å². The van der Waals surface area contributed by atoms with Crippen molar-refractivity contribution in [3.63, 3.8) is 0 Å². The number of hydrogen-bond acceptors (Lipinski definition) is 5. The summed E-state index contributed by atoms with van der Waals surface area (Å²) in [6.07, 6.45) is 5.01. The van der Waals surface area contributed by atoms with E-state index in [-0.39, 0.29) is 29.2 Å². The molecule has 1 fully saturated rings. The van der Waals surface area contributed by atoms with Crippen molar-refractivity contribution in [1.82, 2.24) is 10.2 Å². The number of ether oxygens (including phenoxy) is 1. The van der Waals surface area contributed by atoms with E-state index in [1.54, 1.807) is 13.0 Å². The summed E-state index contributed by atoms with van der Waals surface area (Å²) < 4.78 is 31.6. The second-order valence-electron chi connectivity index (χ2n) is 9.20. The van der Waals surface area contributed by atoms with Crippen molar-refractivity contribution < 1.29 is 22.7 Å². The average Bonchev–Trinajstić information content (AvgIpc) is 3.33. The largest absolute Gasteiger partial charge is 0.495 e. The molecular formula is C26H34ClN3O5S. The quantitative estimate of drug-likeness (QED) is 0.498. The first-order chi connectivity index (χ1) is 17.0. The number of hydrogen-bond donors (Lipinski definition) is 1. The highest BCUT2D eigenvalue weighted by molar-refractivity contribution is 7.92. The number of halogens is 1. The Morgan fingerprint density at radius 3 is 2.42 bits per heavy atom. The Labute approximate surface area is 218 Å². The van der Waals surface area contributed by atoms with E-state index in [4.69, 9.17) is 16.3 Å². The lowest BCUT2D eigenvalue weighted by molar-refractivity contribution is -0.139. The van der Waals surface area contributed by atoms with Gasteiger partial charge in [-0.2, -0.15) is 0 Å². The molecule has 0 bridgehead atoms. The molecule has 1 N–H and O–H groups in total. The molecule has 1 aliphatic rings. The van der Waals surface area contributed by atoms with Crippen LogP contribution in [0.25, 0.3) is 0 Å². The van der Waals surface area contributed by atoms with Crippen LogP contribution >= 0.6 is 11.6 Å². The van der Waals surface area contributed by atoms with Gasteiger partial charge in [-0.15, -0.1) is 0 Å². The lowest BCUT2D eigenvalue weighted by Crippen LogP contribution is -2.52. The number of sulfonamides is 1. The minimum atomic E-state index is -3.84. The predicted molar refractivity (Wildman–Crippen MR) is 142 cm³/mol. The van der Waals surface area contributed by atoms with E-state index in [9.17, 15) is 18.0 Å². The zero-order valence-corrected chi connectivity index (χ0v) is 22.7.